The van der Waals surface area contributed by atoms with Gasteiger partial charge < -0.3 is 10.4 Å². The molecule has 2 rings (SSSR count). The summed E-state index contributed by atoms with van der Waals surface area (Å²) in [5.74, 6) is 0.194. The van der Waals surface area contributed by atoms with Gasteiger partial charge in [-0.05, 0) is 43.4 Å². The molecule has 0 aliphatic heterocycles. The molecule has 2 atom stereocenters. The van der Waals surface area contributed by atoms with Crippen LogP contribution < -0.4 is 5.32 Å². The zero-order valence-corrected chi connectivity index (χ0v) is 12.2. The molecule has 5 heteroatoms. The fraction of sp³-hybridized carbons (Fsp3) is 0.462. The first-order chi connectivity index (χ1) is 8.56. The van der Waals surface area contributed by atoms with Gasteiger partial charge in [-0.3, -0.25) is 4.79 Å². The van der Waals surface area contributed by atoms with E-state index in [4.69, 9.17) is 11.6 Å². The van der Waals surface area contributed by atoms with E-state index >= 15 is 0 Å². The molecule has 1 amide bonds. The third-order valence-electron chi connectivity index (χ3n) is 3.23. The molecule has 1 aromatic carbocycles. The first-order valence-corrected chi connectivity index (χ1v) is 7.26. The molecule has 0 aromatic heterocycles. The van der Waals surface area contributed by atoms with Crippen molar-refractivity contribution in [3.63, 3.8) is 0 Å². The van der Waals surface area contributed by atoms with Crippen molar-refractivity contribution in [2.45, 2.75) is 24.1 Å². The largest absolute Gasteiger partial charge is 0.507 e. The van der Waals surface area contributed by atoms with Crippen LogP contribution in [-0.2, 0) is 0 Å². The fourth-order valence-corrected chi connectivity index (χ4v) is 3.19. The second kappa shape index (κ2) is 5.93. The van der Waals surface area contributed by atoms with Gasteiger partial charge in [0.05, 0.1) is 5.56 Å². The van der Waals surface area contributed by atoms with Gasteiger partial charge in [0.25, 0.3) is 5.91 Å². The Morgan fingerprint density at radius 1 is 1.50 bits per heavy atom. The summed E-state index contributed by atoms with van der Waals surface area (Å²) in [6.45, 7) is 0.656. The lowest BCUT2D eigenvalue weighted by atomic mass is 10.1. The lowest BCUT2D eigenvalue weighted by molar-refractivity contribution is 0.0945. The summed E-state index contributed by atoms with van der Waals surface area (Å²) in [6.07, 6.45) is 3.38. The van der Waals surface area contributed by atoms with E-state index in [2.05, 4.69) is 21.2 Å². The Kier molecular flexibility index (Phi) is 4.51. The summed E-state index contributed by atoms with van der Waals surface area (Å²) in [5, 5.41) is 12.9. The Bertz CT molecular complexity index is 453. The van der Waals surface area contributed by atoms with Gasteiger partial charge in [-0.15, -0.1) is 0 Å². The average Bonchev–Trinajstić information content (AvgIpc) is 2.72. The van der Waals surface area contributed by atoms with Crippen molar-refractivity contribution in [2.24, 2.45) is 5.92 Å². The molecule has 98 valence electrons. The molecule has 2 N–H and O–H groups in total. The number of amides is 1. The highest BCUT2D eigenvalue weighted by molar-refractivity contribution is 9.09. The van der Waals surface area contributed by atoms with Crippen LogP contribution in [0.15, 0.2) is 18.2 Å². The summed E-state index contributed by atoms with van der Waals surface area (Å²) in [6, 6.07) is 4.51. The number of halogens is 2. The molecule has 1 aliphatic rings. The third kappa shape index (κ3) is 3.39. The van der Waals surface area contributed by atoms with Crippen molar-refractivity contribution >= 4 is 33.4 Å². The monoisotopic (exact) mass is 331 g/mol. The number of phenols is 1. The molecule has 0 saturated heterocycles. The second-order valence-corrected chi connectivity index (χ2v) is 6.38. The number of carbonyl (C=O) groups excluding carboxylic acids is 1. The van der Waals surface area contributed by atoms with Gasteiger partial charge in [-0.25, -0.2) is 0 Å². The number of hydrogen-bond donors (Lipinski definition) is 2. The maximum absolute atomic E-state index is 11.9. The molecule has 0 heterocycles. The number of rotatable bonds is 3. The topological polar surface area (TPSA) is 49.3 Å². The molecular weight excluding hydrogens is 318 g/mol. The minimum absolute atomic E-state index is 0.0789. The molecular formula is C13H15BrClNO2. The molecule has 1 aliphatic carbocycles. The van der Waals surface area contributed by atoms with Crippen molar-refractivity contribution < 1.29 is 9.90 Å². The molecule has 1 saturated carbocycles. The summed E-state index contributed by atoms with van der Waals surface area (Å²) in [5.41, 5.74) is 0.271. The van der Waals surface area contributed by atoms with Crippen LogP contribution in [-0.4, -0.2) is 22.4 Å². The second-order valence-electron chi connectivity index (χ2n) is 4.65. The first-order valence-electron chi connectivity index (χ1n) is 5.97. The van der Waals surface area contributed by atoms with Crippen LogP contribution in [0.4, 0.5) is 0 Å². The van der Waals surface area contributed by atoms with Crippen LogP contribution >= 0.6 is 27.5 Å². The Morgan fingerprint density at radius 3 is 2.89 bits per heavy atom. The van der Waals surface area contributed by atoms with Gasteiger partial charge in [-0.2, -0.15) is 0 Å². The number of hydrogen-bond acceptors (Lipinski definition) is 2. The summed E-state index contributed by atoms with van der Waals surface area (Å²) >= 11 is 9.30. The molecule has 0 spiro atoms. The van der Waals surface area contributed by atoms with E-state index in [-0.39, 0.29) is 17.2 Å². The Morgan fingerprint density at radius 2 is 2.28 bits per heavy atom. The van der Waals surface area contributed by atoms with Crippen molar-refractivity contribution in [1.29, 1.82) is 0 Å². The highest BCUT2D eigenvalue weighted by atomic mass is 79.9. The number of aromatic hydroxyl groups is 1. The maximum atomic E-state index is 11.9. The maximum Gasteiger partial charge on any atom is 0.255 e. The zero-order valence-electron chi connectivity index (χ0n) is 9.83. The predicted molar refractivity (Wildman–Crippen MR) is 75.5 cm³/mol. The van der Waals surface area contributed by atoms with Crippen molar-refractivity contribution in [1.82, 2.24) is 5.32 Å². The van der Waals surface area contributed by atoms with E-state index in [1.807, 2.05) is 0 Å². The predicted octanol–water partition coefficient (Wildman–Crippen LogP) is 3.34. The van der Waals surface area contributed by atoms with E-state index in [9.17, 15) is 9.90 Å². The lowest BCUT2D eigenvalue weighted by Gasteiger charge is -2.11. The quantitative estimate of drug-likeness (QED) is 0.834. The summed E-state index contributed by atoms with van der Waals surface area (Å²) in [4.78, 5) is 12.5. The highest BCUT2D eigenvalue weighted by Crippen LogP contribution is 2.30. The van der Waals surface area contributed by atoms with E-state index in [1.54, 1.807) is 6.07 Å². The smallest absolute Gasteiger partial charge is 0.255 e. The third-order valence-corrected chi connectivity index (χ3v) is 4.30. The molecule has 0 bridgehead atoms. The molecule has 1 fully saturated rings. The van der Waals surface area contributed by atoms with Crippen LogP contribution in [0.2, 0.25) is 5.02 Å². The fourth-order valence-electron chi connectivity index (χ4n) is 2.23. The van der Waals surface area contributed by atoms with Crippen molar-refractivity contribution in [2.75, 3.05) is 6.54 Å². The van der Waals surface area contributed by atoms with Gasteiger partial charge in [-0.1, -0.05) is 27.5 Å². The zero-order chi connectivity index (χ0) is 13.1. The highest BCUT2D eigenvalue weighted by Gasteiger charge is 2.23. The van der Waals surface area contributed by atoms with Gasteiger partial charge in [0.15, 0.2) is 0 Å². The summed E-state index contributed by atoms with van der Waals surface area (Å²) < 4.78 is 0. The lowest BCUT2D eigenvalue weighted by Crippen LogP contribution is -2.28. The van der Waals surface area contributed by atoms with Crippen molar-refractivity contribution in [3.05, 3.63) is 28.8 Å². The van der Waals surface area contributed by atoms with Gasteiger partial charge >= 0.3 is 0 Å². The van der Waals surface area contributed by atoms with Crippen LogP contribution in [0.5, 0.6) is 5.75 Å². The van der Waals surface area contributed by atoms with Crippen LogP contribution in [0.25, 0.3) is 0 Å². The van der Waals surface area contributed by atoms with Crippen molar-refractivity contribution in [3.8, 4) is 5.75 Å². The normalized spacial score (nSPS) is 23.0. The Labute approximate surface area is 120 Å². The number of phenolic OH excluding ortho intramolecular Hbond substituents is 1. The van der Waals surface area contributed by atoms with Gasteiger partial charge in [0.2, 0.25) is 0 Å². The molecule has 18 heavy (non-hydrogen) atoms. The minimum atomic E-state index is -0.248. The van der Waals surface area contributed by atoms with Gasteiger partial charge in [0, 0.05) is 16.4 Å². The first kappa shape index (κ1) is 13.7. The van der Waals surface area contributed by atoms with E-state index in [0.717, 1.165) is 19.3 Å². The van der Waals surface area contributed by atoms with E-state index < -0.39 is 0 Å². The standard InChI is InChI=1S/C13H15BrClNO2/c14-9-2-1-8(5-9)7-16-13(18)11-4-3-10(15)6-12(11)17/h3-4,6,8-9,17H,1-2,5,7H2,(H,16,18). The molecule has 2 unspecified atom stereocenters. The van der Waals surface area contributed by atoms with E-state index in [0.29, 0.717) is 22.3 Å². The van der Waals surface area contributed by atoms with E-state index in [1.165, 1.54) is 12.1 Å². The average molecular weight is 333 g/mol. The Balaban J connectivity index is 1.91. The van der Waals surface area contributed by atoms with Crippen LogP contribution in [0.3, 0.4) is 0 Å². The van der Waals surface area contributed by atoms with Crippen LogP contribution in [0, 0.1) is 5.92 Å². The SMILES string of the molecule is O=C(NCC1CCC(Br)C1)c1ccc(Cl)cc1O. The summed E-state index contributed by atoms with van der Waals surface area (Å²) in [7, 11) is 0. The van der Waals surface area contributed by atoms with Gasteiger partial charge in [0.1, 0.15) is 5.75 Å². The Hall–Kier alpha value is -0.740. The molecule has 0 radical (unpaired) electrons. The minimum Gasteiger partial charge on any atom is -0.507 e. The number of alkyl halides is 1. The molecule has 3 nitrogen and oxygen atoms in total. The molecule has 1 aromatic rings. The number of benzene rings is 1. The number of nitrogens with one attached hydrogen (secondary N) is 1. The van der Waals surface area contributed by atoms with Crippen LogP contribution in [0.1, 0.15) is 29.6 Å². The number of carbonyl (C=O) groups is 1.